The monoisotopic (exact) mass is 352 g/mol. The highest BCUT2D eigenvalue weighted by Crippen LogP contribution is 2.30. The Kier molecular flexibility index (Phi) is 4.58. The molecule has 3 rings (SSSR count). The number of aliphatic hydroxyl groups is 5. The Morgan fingerprint density at radius 3 is 2.16 bits per heavy atom. The third-order valence-corrected chi connectivity index (χ3v) is 4.14. The van der Waals surface area contributed by atoms with Crippen LogP contribution in [0.4, 0.5) is 0 Å². The molecule has 0 spiro atoms. The number of aliphatic hydroxyl groups excluding tert-OH is 5. The van der Waals surface area contributed by atoms with Crippen LogP contribution in [0.5, 0.6) is 0 Å². The number of rotatable bonds is 3. The Hall–Kier alpha value is -2.30. The summed E-state index contributed by atoms with van der Waals surface area (Å²) >= 11 is 0. The predicted molar refractivity (Wildman–Crippen MR) is 79.6 cm³/mol. The normalized spacial score (nSPS) is 32.6. The Morgan fingerprint density at radius 2 is 1.56 bits per heavy atom. The van der Waals surface area contributed by atoms with Gasteiger partial charge >= 0.3 is 0 Å². The predicted octanol–water partition coefficient (Wildman–Crippen LogP) is -1.35. The van der Waals surface area contributed by atoms with Crippen molar-refractivity contribution in [3.05, 3.63) is 46.9 Å². The fourth-order valence-corrected chi connectivity index (χ4v) is 2.73. The van der Waals surface area contributed by atoms with E-state index in [1.807, 2.05) is 0 Å². The summed E-state index contributed by atoms with van der Waals surface area (Å²) in [6.45, 7) is -0.689. The van der Waals surface area contributed by atoms with Crippen LogP contribution >= 0.6 is 0 Å². The maximum Gasteiger partial charge on any atom is 0.232 e. The maximum atomic E-state index is 12.5. The van der Waals surface area contributed by atoms with Gasteiger partial charge in [0, 0.05) is 11.1 Å². The summed E-state index contributed by atoms with van der Waals surface area (Å²) in [4.78, 5) is 24.6. The van der Waals surface area contributed by atoms with E-state index in [0.717, 1.165) is 0 Å². The molecule has 25 heavy (non-hydrogen) atoms. The summed E-state index contributed by atoms with van der Waals surface area (Å²) in [5, 5.41) is 48.6. The van der Waals surface area contributed by atoms with E-state index < -0.39 is 60.4 Å². The molecule has 5 atom stereocenters. The van der Waals surface area contributed by atoms with Gasteiger partial charge < -0.3 is 35.0 Å². The Morgan fingerprint density at radius 1 is 0.960 bits per heavy atom. The lowest BCUT2D eigenvalue weighted by molar-refractivity contribution is -0.290. The fourth-order valence-electron chi connectivity index (χ4n) is 2.73. The molecule has 0 saturated carbocycles. The van der Waals surface area contributed by atoms with Crippen LogP contribution in [0.3, 0.4) is 0 Å². The van der Waals surface area contributed by atoms with Crippen molar-refractivity contribution >= 4 is 11.6 Å². The highest BCUT2D eigenvalue weighted by atomic mass is 16.7. The van der Waals surface area contributed by atoms with Gasteiger partial charge in [-0.15, -0.1) is 0 Å². The quantitative estimate of drug-likeness (QED) is 0.444. The molecule has 134 valence electrons. The molecule has 0 radical (unpaired) electrons. The van der Waals surface area contributed by atoms with Crippen LogP contribution in [-0.4, -0.2) is 74.4 Å². The molecule has 9 nitrogen and oxygen atoms in total. The topological polar surface area (TPSA) is 154 Å². The van der Waals surface area contributed by atoms with Crippen molar-refractivity contribution in [1.82, 2.24) is 0 Å². The van der Waals surface area contributed by atoms with E-state index in [2.05, 4.69) is 0 Å². The van der Waals surface area contributed by atoms with E-state index >= 15 is 0 Å². The average Bonchev–Trinajstić information content (AvgIpc) is 2.63. The number of Topliss-reactive ketones (excluding diaryl/α,β-unsaturated/α-hetero) is 2. The van der Waals surface area contributed by atoms with Crippen molar-refractivity contribution in [3.63, 3.8) is 0 Å². The third-order valence-electron chi connectivity index (χ3n) is 4.14. The molecule has 1 fully saturated rings. The first kappa shape index (κ1) is 17.5. The van der Waals surface area contributed by atoms with Gasteiger partial charge in [0.1, 0.15) is 24.4 Å². The smallest absolute Gasteiger partial charge is 0.232 e. The van der Waals surface area contributed by atoms with Crippen LogP contribution in [0, 0.1) is 0 Å². The number of hydrogen-bond acceptors (Lipinski definition) is 9. The first-order chi connectivity index (χ1) is 11.9. The number of fused-ring (bicyclic) bond motifs is 1. The number of hydrogen-bond donors (Lipinski definition) is 5. The molecule has 0 aromatic heterocycles. The number of ether oxygens (including phenoxy) is 2. The molecular formula is C16H16O9. The molecule has 1 saturated heterocycles. The number of allylic oxidation sites excluding steroid dienone is 2. The molecule has 9 heteroatoms. The number of ketones is 2. The molecule has 5 N–H and O–H groups in total. The zero-order valence-electron chi connectivity index (χ0n) is 12.8. The van der Waals surface area contributed by atoms with Crippen LogP contribution in [-0.2, 0) is 9.47 Å². The minimum absolute atomic E-state index is 0.00453. The van der Waals surface area contributed by atoms with Gasteiger partial charge in [-0.25, -0.2) is 0 Å². The summed E-state index contributed by atoms with van der Waals surface area (Å²) in [5.41, 5.74) is 0.0102. The fraction of sp³-hybridized carbons (Fsp3) is 0.375. The van der Waals surface area contributed by atoms with Crippen LogP contribution < -0.4 is 0 Å². The highest BCUT2D eigenvalue weighted by Gasteiger charge is 2.46. The molecule has 1 aromatic carbocycles. The maximum absolute atomic E-state index is 12.5. The molecular weight excluding hydrogens is 336 g/mol. The summed E-state index contributed by atoms with van der Waals surface area (Å²) in [5.74, 6) is -3.34. The van der Waals surface area contributed by atoms with Gasteiger partial charge in [0.05, 0.1) is 6.61 Å². The van der Waals surface area contributed by atoms with Crippen LogP contribution in [0.2, 0.25) is 0 Å². The van der Waals surface area contributed by atoms with Crippen molar-refractivity contribution < 1.29 is 44.6 Å². The first-order valence-corrected chi connectivity index (χ1v) is 7.45. The lowest BCUT2D eigenvalue weighted by Gasteiger charge is -2.39. The lowest BCUT2D eigenvalue weighted by atomic mass is 9.92. The Labute approximate surface area is 141 Å². The van der Waals surface area contributed by atoms with Gasteiger partial charge in [-0.2, -0.15) is 0 Å². The average molecular weight is 352 g/mol. The lowest BCUT2D eigenvalue weighted by Crippen LogP contribution is -2.59. The molecule has 0 bridgehead atoms. The van der Waals surface area contributed by atoms with Gasteiger partial charge in [-0.3, -0.25) is 9.59 Å². The van der Waals surface area contributed by atoms with Crippen LogP contribution in [0.15, 0.2) is 35.8 Å². The summed E-state index contributed by atoms with van der Waals surface area (Å²) in [6.07, 6.45) is -8.05. The SMILES string of the molecule is O=C1C(O)=C(O[C@H]2O[C@H](CO)[C@@H](O)[C@H](O)[C@H]2O)C(=O)c2ccccc21. The van der Waals surface area contributed by atoms with E-state index in [-0.39, 0.29) is 11.1 Å². The minimum atomic E-state index is -1.78. The summed E-state index contributed by atoms with van der Waals surface area (Å²) in [6, 6.07) is 5.80. The van der Waals surface area contributed by atoms with Crippen molar-refractivity contribution in [2.24, 2.45) is 0 Å². The van der Waals surface area contributed by atoms with E-state index in [1.165, 1.54) is 24.3 Å². The molecule has 0 unspecified atom stereocenters. The zero-order valence-corrected chi connectivity index (χ0v) is 12.8. The zero-order chi connectivity index (χ0) is 18.3. The van der Waals surface area contributed by atoms with E-state index in [1.54, 1.807) is 0 Å². The van der Waals surface area contributed by atoms with Crippen LogP contribution in [0.1, 0.15) is 20.7 Å². The van der Waals surface area contributed by atoms with Crippen molar-refractivity contribution in [3.8, 4) is 0 Å². The highest BCUT2D eigenvalue weighted by molar-refractivity contribution is 6.25. The second kappa shape index (κ2) is 6.54. The molecule has 2 aliphatic rings. The van der Waals surface area contributed by atoms with Gasteiger partial charge in [0.25, 0.3) is 0 Å². The van der Waals surface area contributed by atoms with Gasteiger partial charge in [0.15, 0.2) is 0 Å². The standard InChI is InChI=1S/C16H16O9/c17-5-8-11(20)12(21)14(23)16(24-8)25-15-10(19)7-4-2-1-3-6(7)9(18)13(15)22/h1-4,8,11-12,14,16-17,20-23H,5H2/t8-,11-,12+,14-,16-/m1/s1. The Balaban J connectivity index is 1.91. The van der Waals surface area contributed by atoms with E-state index in [4.69, 9.17) is 14.6 Å². The number of benzene rings is 1. The van der Waals surface area contributed by atoms with E-state index in [9.17, 15) is 30.0 Å². The van der Waals surface area contributed by atoms with Crippen molar-refractivity contribution in [1.29, 1.82) is 0 Å². The van der Waals surface area contributed by atoms with Crippen LogP contribution in [0.25, 0.3) is 0 Å². The number of carbonyl (C=O) groups is 2. The molecule has 1 heterocycles. The first-order valence-electron chi connectivity index (χ1n) is 7.45. The van der Waals surface area contributed by atoms with Gasteiger partial charge in [-0.05, 0) is 0 Å². The third kappa shape index (κ3) is 2.81. The minimum Gasteiger partial charge on any atom is -0.501 e. The molecule has 1 aliphatic heterocycles. The molecule has 0 amide bonds. The largest absolute Gasteiger partial charge is 0.501 e. The molecule has 1 aliphatic carbocycles. The van der Waals surface area contributed by atoms with Crippen molar-refractivity contribution in [2.75, 3.05) is 6.61 Å². The summed E-state index contributed by atoms with van der Waals surface area (Å²) < 4.78 is 10.3. The summed E-state index contributed by atoms with van der Waals surface area (Å²) in [7, 11) is 0. The van der Waals surface area contributed by atoms with E-state index in [0.29, 0.717) is 0 Å². The molecule has 1 aromatic rings. The van der Waals surface area contributed by atoms with Gasteiger partial charge in [0.2, 0.25) is 29.4 Å². The van der Waals surface area contributed by atoms with Crippen molar-refractivity contribution in [2.45, 2.75) is 30.7 Å². The second-order valence-corrected chi connectivity index (χ2v) is 5.70. The van der Waals surface area contributed by atoms with Gasteiger partial charge in [-0.1, -0.05) is 24.3 Å². The number of carbonyl (C=O) groups excluding carboxylic acids is 2. The Bertz CT molecular complexity index is 739. The second-order valence-electron chi connectivity index (χ2n) is 5.70.